The monoisotopic (exact) mass is 447 g/mol. The van der Waals surface area contributed by atoms with E-state index in [1.165, 1.54) is 22.5 Å². The number of hydrogen-bond donors (Lipinski definition) is 0. The molecule has 0 spiro atoms. The first-order valence-corrected chi connectivity index (χ1v) is 11.4. The summed E-state index contributed by atoms with van der Waals surface area (Å²) in [6.45, 7) is 0. The van der Waals surface area contributed by atoms with Crippen molar-refractivity contribution in [3.63, 3.8) is 0 Å². The molecule has 1 N–H and O–H groups in total. The molecule has 0 bridgehead atoms. The van der Waals surface area contributed by atoms with Crippen molar-refractivity contribution in [2.24, 2.45) is 0 Å². The van der Waals surface area contributed by atoms with Crippen molar-refractivity contribution >= 4 is 35.7 Å². The highest BCUT2D eigenvalue weighted by atomic mass is 15.1. The number of hydrogen-bond acceptors (Lipinski definition) is 3. The van der Waals surface area contributed by atoms with E-state index >= 15 is 0 Å². The van der Waals surface area contributed by atoms with E-state index in [0.29, 0.717) is 0 Å². The minimum absolute atomic E-state index is 0.913. The molecule has 0 atom stereocenters. The van der Waals surface area contributed by atoms with Crippen molar-refractivity contribution in [3.05, 3.63) is 107 Å². The zero-order valence-electron chi connectivity index (χ0n) is 20.2. The molecule has 2 aromatic carbocycles. The van der Waals surface area contributed by atoms with E-state index in [0.717, 1.165) is 22.5 Å². The number of nitrogens with zero attached hydrogens (tertiary/aromatic N) is 3. The van der Waals surface area contributed by atoms with Gasteiger partial charge in [0.15, 0.2) is 6.20 Å². The van der Waals surface area contributed by atoms with Gasteiger partial charge in [-0.05, 0) is 58.7 Å². The maximum atomic E-state index is 4.58. The molecule has 0 saturated heterocycles. The number of pyridine rings is 2. The minimum atomic E-state index is 0.913. The van der Waals surface area contributed by atoms with Gasteiger partial charge in [0, 0.05) is 57.9 Å². The van der Waals surface area contributed by atoms with Crippen LogP contribution in [0.15, 0.2) is 85.2 Å². The molecule has 0 amide bonds. The van der Waals surface area contributed by atoms with E-state index in [4.69, 9.17) is 0 Å². The van der Waals surface area contributed by atoms with Crippen molar-refractivity contribution in [1.29, 1.82) is 0 Å². The van der Waals surface area contributed by atoms with Crippen LogP contribution in [0.4, 0.5) is 11.4 Å². The number of benzene rings is 2. The number of H-pyrrole nitrogens is 1. The zero-order valence-corrected chi connectivity index (χ0v) is 20.2. The van der Waals surface area contributed by atoms with E-state index in [2.05, 4.69) is 111 Å². The Kier molecular flexibility index (Phi) is 7.19. The van der Waals surface area contributed by atoms with Crippen molar-refractivity contribution in [1.82, 2.24) is 4.98 Å². The standard InChI is InChI=1S/C30H30N4/c1-33(2)27-13-9-23(10-14-27)5-7-25-17-19-31-29(21-25)30-22-26(18-20-32-30)8-6-24-11-15-28(16-12-24)34(3)4/h5-22H,1-4H3/p+1/b7-5+,8-6+. The van der Waals surface area contributed by atoms with E-state index in [1.807, 2.05) is 46.7 Å². The minimum Gasteiger partial charge on any atom is -0.378 e. The molecule has 170 valence electrons. The third-order valence-corrected chi connectivity index (χ3v) is 5.64. The Morgan fingerprint density at radius 1 is 0.588 bits per heavy atom. The third-order valence-electron chi connectivity index (χ3n) is 5.64. The van der Waals surface area contributed by atoms with Gasteiger partial charge in [0.05, 0.1) is 0 Å². The first-order chi connectivity index (χ1) is 16.5. The highest BCUT2D eigenvalue weighted by molar-refractivity contribution is 5.74. The van der Waals surface area contributed by atoms with E-state index in [-0.39, 0.29) is 0 Å². The van der Waals surface area contributed by atoms with Crippen LogP contribution >= 0.6 is 0 Å². The molecular formula is C30H31N4+. The molecule has 4 aromatic rings. The number of aromatic nitrogens is 2. The van der Waals surface area contributed by atoms with Gasteiger partial charge in [0.25, 0.3) is 0 Å². The summed E-state index contributed by atoms with van der Waals surface area (Å²) in [6, 6.07) is 25.4. The second kappa shape index (κ2) is 10.6. The molecule has 4 rings (SSSR count). The van der Waals surface area contributed by atoms with Gasteiger partial charge in [-0.25, -0.2) is 9.97 Å². The molecule has 0 aliphatic heterocycles. The summed E-state index contributed by atoms with van der Waals surface area (Å²) < 4.78 is 0. The lowest BCUT2D eigenvalue weighted by Gasteiger charge is -2.11. The summed E-state index contributed by atoms with van der Waals surface area (Å²) in [5, 5.41) is 0. The summed E-state index contributed by atoms with van der Waals surface area (Å²) in [7, 11) is 8.20. The number of rotatable bonds is 7. The normalized spacial score (nSPS) is 11.3. The molecular weight excluding hydrogens is 416 g/mol. The summed E-state index contributed by atoms with van der Waals surface area (Å²) in [4.78, 5) is 12.1. The van der Waals surface area contributed by atoms with Crippen LogP contribution in [-0.2, 0) is 0 Å². The van der Waals surface area contributed by atoms with Crippen LogP contribution in [0.5, 0.6) is 0 Å². The van der Waals surface area contributed by atoms with Crippen LogP contribution in [0.2, 0.25) is 0 Å². The predicted octanol–water partition coefficient (Wildman–Crippen LogP) is 6.04. The molecule has 34 heavy (non-hydrogen) atoms. The van der Waals surface area contributed by atoms with Gasteiger partial charge < -0.3 is 9.80 Å². The first kappa shape index (κ1) is 23.0. The number of aromatic amines is 1. The fraction of sp³-hybridized carbons (Fsp3) is 0.133. The van der Waals surface area contributed by atoms with Gasteiger partial charge in [-0.3, -0.25) is 0 Å². The van der Waals surface area contributed by atoms with Gasteiger partial charge in [0.1, 0.15) is 5.69 Å². The fourth-order valence-corrected chi connectivity index (χ4v) is 3.59. The van der Waals surface area contributed by atoms with Gasteiger partial charge in [-0.2, -0.15) is 0 Å². The highest BCUT2D eigenvalue weighted by Crippen LogP contribution is 2.19. The number of anilines is 2. The number of nitrogens with one attached hydrogen (secondary N) is 1. The molecule has 0 saturated carbocycles. The van der Waals surface area contributed by atoms with E-state index in [9.17, 15) is 0 Å². The van der Waals surface area contributed by atoms with E-state index < -0.39 is 0 Å². The Balaban J connectivity index is 1.49. The van der Waals surface area contributed by atoms with Crippen LogP contribution < -0.4 is 14.8 Å². The van der Waals surface area contributed by atoms with Crippen LogP contribution in [0.25, 0.3) is 35.7 Å². The molecule has 2 heterocycles. The van der Waals surface area contributed by atoms with Crippen LogP contribution in [0.1, 0.15) is 22.3 Å². The lowest BCUT2D eigenvalue weighted by molar-refractivity contribution is -0.364. The third kappa shape index (κ3) is 5.99. The fourth-order valence-electron chi connectivity index (χ4n) is 3.59. The summed E-state index contributed by atoms with van der Waals surface area (Å²) in [5.74, 6) is 0. The topological polar surface area (TPSA) is 33.5 Å². The molecule has 0 fully saturated rings. The van der Waals surface area contributed by atoms with Crippen LogP contribution in [0.3, 0.4) is 0 Å². The summed E-state index contributed by atoms with van der Waals surface area (Å²) in [6.07, 6.45) is 12.3. The second-order valence-electron chi connectivity index (χ2n) is 8.65. The Hall–Kier alpha value is -4.18. The average molecular weight is 448 g/mol. The van der Waals surface area contributed by atoms with Crippen molar-refractivity contribution in [2.75, 3.05) is 38.0 Å². The lowest BCUT2D eigenvalue weighted by atomic mass is 10.1. The zero-order chi connectivity index (χ0) is 23.9. The maximum absolute atomic E-state index is 4.58. The SMILES string of the molecule is CN(C)c1ccc(/C=C/c2ccnc(-c3cc(/C=C/c4ccc(N(C)C)cc4)cc[nH+]3)c2)cc1. The Morgan fingerprint density at radius 2 is 1.09 bits per heavy atom. The van der Waals surface area contributed by atoms with Crippen molar-refractivity contribution in [2.45, 2.75) is 0 Å². The Bertz CT molecular complexity index is 1180. The van der Waals surface area contributed by atoms with Crippen molar-refractivity contribution in [3.8, 4) is 11.4 Å². The molecule has 4 nitrogen and oxygen atoms in total. The Morgan fingerprint density at radius 3 is 1.62 bits per heavy atom. The first-order valence-electron chi connectivity index (χ1n) is 11.4. The quantitative estimate of drug-likeness (QED) is 0.347. The second-order valence-corrected chi connectivity index (χ2v) is 8.65. The van der Waals surface area contributed by atoms with Crippen LogP contribution in [-0.4, -0.2) is 33.2 Å². The van der Waals surface area contributed by atoms with Crippen molar-refractivity contribution < 1.29 is 4.98 Å². The molecule has 0 aliphatic carbocycles. The molecule has 0 unspecified atom stereocenters. The van der Waals surface area contributed by atoms with Gasteiger partial charge in [0.2, 0.25) is 5.69 Å². The molecule has 0 radical (unpaired) electrons. The highest BCUT2D eigenvalue weighted by Gasteiger charge is 2.08. The molecule has 2 aromatic heterocycles. The molecule has 4 heteroatoms. The summed E-state index contributed by atoms with van der Waals surface area (Å²) >= 11 is 0. The largest absolute Gasteiger partial charge is 0.378 e. The van der Waals surface area contributed by atoms with E-state index in [1.54, 1.807) is 0 Å². The maximum Gasteiger partial charge on any atom is 0.230 e. The van der Waals surface area contributed by atoms with Gasteiger partial charge >= 0.3 is 0 Å². The smallest absolute Gasteiger partial charge is 0.230 e. The Labute approximate surface area is 202 Å². The lowest BCUT2D eigenvalue weighted by Crippen LogP contribution is -2.07. The average Bonchev–Trinajstić information content (AvgIpc) is 2.87. The van der Waals surface area contributed by atoms with Gasteiger partial charge in [-0.1, -0.05) is 48.6 Å². The molecule has 0 aliphatic rings. The van der Waals surface area contributed by atoms with Gasteiger partial charge in [-0.15, -0.1) is 0 Å². The predicted molar refractivity (Wildman–Crippen MR) is 146 cm³/mol. The summed E-state index contributed by atoms with van der Waals surface area (Å²) in [5.41, 5.74) is 8.85. The van der Waals surface area contributed by atoms with Crippen LogP contribution in [0, 0.1) is 0 Å².